The fourth-order valence-electron chi connectivity index (χ4n) is 2.43. The van der Waals surface area contributed by atoms with Gasteiger partial charge >= 0.3 is 0 Å². The van der Waals surface area contributed by atoms with Crippen molar-refractivity contribution < 1.29 is 17.9 Å². The van der Waals surface area contributed by atoms with Gasteiger partial charge in [0.2, 0.25) is 15.9 Å². The molecule has 2 aromatic rings. The molecule has 0 saturated carbocycles. The highest BCUT2D eigenvalue weighted by Crippen LogP contribution is 2.28. The van der Waals surface area contributed by atoms with Crippen LogP contribution in [0.1, 0.15) is 18.5 Å². The van der Waals surface area contributed by atoms with Crippen molar-refractivity contribution in [2.75, 3.05) is 24.2 Å². The molecule has 2 rings (SSSR count). The Balaban J connectivity index is 2.14. The van der Waals surface area contributed by atoms with Crippen LogP contribution in [0.2, 0.25) is 10.0 Å². The number of amides is 1. The van der Waals surface area contributed by atoms with Gasteiger partial charge in [0.1, 0.15) is 12.3 Å². The van der Waals surface area contributed by atoms with Gasteiger partial charge in [-0.15, -0.1) is 0 Å². The minimum atomic E-state index is -3.70. The van der Waals surface area contributed by atoms with E-state index in [4.69, 9.17) is 27.9 Å². The molecule has 1 amide bonds. The van der Waals surface area contributed by atoms with E-state index < -0.39 is 15.9 Å². The number of sulfonamides is 1. The molecule has 9 heteroatoms. The fourth-order valence-corrected chi connectivity index (χ4v) is 3.57. The molecule has 27 heavy (non-hydrogen) atoms. The lowest BCUT2D eigenvalue weighted by Crippen LogP contribution is -2.41. The Hall–Kier alpha value is -1.96. The summed E-state index contributed by atoms with van der Waals surface area (Å²) in [7, 11) is -2.13. The number of carbonyl (C=O) groups excluding carboxylic acids is 1. The molecule has 0 saturated heterocycles. The topological polar surface area (TPSA) is 75.7 Å². The molecule has 0 bridgehead atoms. The smallest absolute Gasteiger partial charge is 0.241 e. The number of nitrogens with one attached hydrogen (secondary N) is 1. The first-order chi connectivity index (χ1) is 12.6. The maximum Gasteiger partial charge on any atom is 0.241 e. The molecule has 1 atom stereocenters. The SMILES string of the molecule is COc1ccc([C@@H](C)NC(=O)CN(c2ccc(Cl)c(Cl)c2)S(C)(=O)=O)cc1. The number of benzene rings is 2. The Morgan fingerprint density at radius 2 is 1.78 bits per heavy atom. The average molecular weight is 431 g/mol. The van der Waals surface area contributed by atoms with Crippen LogP contribution in [0.4, 0.5) is 5.69 Å². The Labute approximate surface area is 169 Å². The van der Waals surface area contributed by atoms with Crippen molar-refractivity contribution >= 4 is 44.8 Å². The monoisotopic (exact) mass is 430 g/mol. The van der Waals surface area contributed by atoms with Crippen molar-refractivity contribution in [3.63, 3.8) is 0 Å². The zero-order valence-electron chi connectivity index (χ0n) is 15.1. The molecule has 1 N–H and O–H groups in total. The number of hydrogen-bond acceptors (Lipinski definition) is 4. The van der Waals surface area contributed by atoms with Crippen LogP contribution in [0.25, 0.3) is 0 Å². The molecule has 6 nitrogen and oxygen atoms in total. The fraction of sp³-hybridized carbons (Fsp3) is 0.278. The van der Waals surface area contributed by atoms with Gasteiger partial charge in [-0.25, -0.2) is 8.42 Å². The number of halogens is 2. The Kier molecular flexibility index (Phi) is 6.97. The Morgan fingerprint density at radius 3 is 2.30 bits per heavy atom. The molecule has 0 aliphatic heterocycles. The summed E-state index contributed by atoms with van der Waals surface area (Å²) in [5.74, 6) is 0.259. The molecule has 0 spiro atoms. The maximum atomic E-state index is 12.4. The van der Waals surface area contributed by atoms with Gasteiger partial charge in [-0.1, -0.05) is 35.3 Å². The number of nitrogens with zero attached hydrogens (tertiary/aromatic N) is 1. The van der Waals surface area contributed by atoms with Gasteiger partial charge in [-0.2, -0.15) is 0 Å². The number of methoxy groups -OCH3 is 1. The third-order valence-electron chi connectivity index (χ3n) is 3.87. The number of ether oxygens (including phenoxy) is 1. The molecule has 0 aliphatic rings. The van der Waals surface area contributed by atoms with E-state index in [9.17, 15) is 13.2 Å². The minimum absolute atomic E-state index is 0.204. The lowest BCUT2D eigenvalue weighted by atomic mass is 10.1. The largest absolute Gasteiger partial charge is 0.497 e. The summed E-state index contributed by atoms with van der Waals surface area (Å²) in [5, 5.41) is 3.29. The summed E-state index contributed by atoms with van der Waals surface area (Å²) in [6.07, 6.45) is 1.02. The van der Waals surface area contributed by atoms with Crippen LogP contribution >= 0.6 is 23.2 Å². The highest BCUT2D eigenvalue weighted by Gasteiger charge is 2.22. The molecule has 0 aliphatic carbocycles. The minimum Gasteiger partial charge on any atom is -0.497 e. The first kappa shape index (κ1) is 21.3. The molecule has 2 aromatic carbocycles. The first-order valence-corrected chi connectivity index (χ1v) is 10.6. The van der Waals surface area contributed by atoms with Gasteiger partial charge in [0.25, 0.3) is 0 Å². The molecular weight excluding hydrogens is 411 g/mol. The molecule has 0 heterocycles. The number of anilines is 1. The zero-order valence-corrected chi connectivity index (χ0v) is 17.4. The second-order valence-electron chi connectivity index (χ2n) is 5.93. The van der Waals surface area contributed by atoms with E-state index in [-0.39, 0.29) is 23.3 Å². The van der Waals surface area contributed by atoms with Gasteiger partial charge < -0.3 is 10.1 Å². The zero-order chi connectivity index (χ0) is 20.2. The summed E-state index contributed by atoms with van der Waals surface area (Å²) in [5.41, 5.74) is 1.13. The molecular formula is C18H20Cl2N2O4S. The predicted molar refractivity (Wildman–Crippen MR) is 108 cm³/mol. The van der Waals surface area contributed by atoms with E-state index in [0.717, 1.165) is 16.1 Å². The highest BCUT2D eigenvalue weighted by molar-refractivity contribution is 7.92. The summed E-state index contributed by atoms with van der Waals surface area (Å²) in [6.45, 7) is 1.43. The van der Waals surface area contributed by atoms with Crippen LogP contribution in [0, 0.1) is 0 Å². The summed E-state index contributed by atoms with van der Waals surface area (Å²) < 4.78 is 30.4. The van der Waals surface area contributed by atoms with Crippen LogP contribution in [0.3, 0.4) is 0 Å². The van der Waals surface area contributed by atoms with E-state index in [2.05, 4.69) is 5.32 Å². The molecule has 0 fully saturated rings. The standard InChI is InChI=1S/C18H20Cl2N2O4S/c1-12(13-4-7-15(26-2)8-5-13)21-18(23)11-22(27(3,24)25)14-6-9-16(19)17(20)10-14/h4-10,12H,11H2,1-3H3,(H,21,23)/t12-/m1/s1. The van der Waals surface area contributed by atoms with E-state index in [1.807, 2.05) is 19.1 Å². The predicted octanol–water partition coefficient (Wildman–Crippen LogP) is 3.65. The van der Waals surface area contributed by atoms with E-state index >= 15 is 0 Å². The second kappa shape index (κ2) is 8.82. The number of hydrogen-bond donors (Lipinski definition) is 1. The van der Waals surface area contributed by atoms with Crippen LogP contribution in [0.15, 0.2) is 42.5 Å². The van der Waals surface area contributed by atoms with Gasteiger partial charge in [0.15, 0.2) is 0 Å². The van der Waals surface area contributed by atoms with Crippen LogP contribution in [-0.4, -0.2) is 34.2 Å². The molecule has 0 aromatic heterocycles. The van der Waals surface area contributed by atoms with Gasteiger partial charge in [-0.05, 0) is 42.8 Å². The van der Waals surface area contributed by atoms with Gasteiger partial charge in [0.05, 0.1) is 35.1 Å². The number of rotatable bonds is 7. The van der Waals surface area contributed by atoms with E-state index in [0.29, 0.717) is 10.8 Å². The summed E-state index contributed by atoms with van der Waals surface area (Å²) in [6, 6.07) is 11.3. The molecule has 146 valence electrons. The van der Waals surface area contributed by atoms with Crippen molar-refractivity contribution in [2.24, 2.45) is 0 Å². The molecule has 0 radical (unpaired) electrons. The summed E-state index contributed by atoms with van der Waals surface area (Å²) in [4.78, 5) is 12.4. The lowest BCUT2D eigenvalue weighted by Gasteiger charge is -2.23. The van der Waals surface area contributed by atoms with E-state index in [1.165, 1.54) is 18.2 Å². The summed E-state index contributed by atoms with van der Waals surface area (Å²) >= 11 is 11.8. The third kappa shape index (κ3) is 5.76. The molecule has 0 unspecified atom stereocenters. The lowest BCUT2D eigenvalue weighted by molar-refractivity contribution is -0.120. The van der Waals surface area contributed by atoms with E-state index in [1.54, 1.807) is 19.2 Å². The third-order valence-corrected chi connectivity index (χ3v) is 5.75. The normalized spacial score (nSPS) is 12.3. The van der Waals surface area contributed by atoms with Crippen molar-refractivity contribution in [3.05, 3.63) is 58.1 Å². The maximum absolute atomic E-state index is 12.4. The van der Waals surface area contributed by atoms with Crippen LogP contribution in [-0.2, 0) is 14.8 Å². The van der Waals surface area contributed by atoms with Gasteiger partial charge in [0, 0.05) is 0 Å². The quantitative estimate of drug-likeness (QED) is 0.726. The highest BCUT2D eigenvalue weighted by atomic mass is 35.5. The Bertz CT molecular complexity index is 917. The Morgan fingerprint density at radius 1 is 1.15 bits per heavy atom. The van der Waals surface area contributed by atoms with Crippen molar-refractivity contribution in [3.8, 4) is 5.75 Å². The van der Waals surface area contributed by atoms with Crippen molar-refractivity contribution in [1.82, 2.24) is 5.32 Å². The second-order valence-corrected chi connectivity index (χ2v) is 8.65. The van der Waals surface area contributed by atoms with Crippen molar-refractivity contribution in [1.29, 1.82) is 0 Å². The van der Waals surface area contributed by atoms with Gasteiger partial charge in [-0.3, -0.25) is 9.10 Å². The van der Waals surface area contributed by atoms with Crippen LogP contribution < -0.4 is 14.4 Å². The average Bonchev–Trinajstić information content (AvgIpc) is 2.61. The number of carbonyl (C=O) groups is 1. The first-order valence-electron chi connectivity index (χ1n) is 7.98. The van der Waals surface area contributed by atoms with Crippen molar-refractivity contribution in [2.45, 2.75) is 13.0 Å². The van der Waals surface area contributed by atoms with Crippen LogP contribution in [0.5, 0.6) is 5.75 Å².